The number of pyridine rings is 1. The third-order valence-electron chi connectivity index (χ3n) is 17.5. The highest BCUT2D eigenvalue weighted by molar-refractivity contribution is 7.04. The van der Waals surface area contributed by atoms with Crippen LogP contribution in [0.1, 0.15) is 33.4 Å². The molecule has 17 rings (SSSR count). The Morgan fingerprint density at radius 1 is 0.343 bits per heavy atom. The van der Waals surface area contributed by atoms with Gasteiger partial charge in [-0.2, -0.15) is 0 Å². The van der Waals surface area contributed by atoms with Gasteiger partial charge in [-0.05, 0) is 92.5 Å². The van der Waals surface area contributed by atoms with E-state index < -0.39 is 0 Å². The molecule has 4 aliphatic heterocycles. The topological polar surface area (TPSA) is 27.7 Å². The minimum absolute atomic E-state index is 0.00420. The van der Waals surface area contributed by atoms with E-state index in [1.165, 1.54) is 165 Å². The molecule has 0 aliphatic carbocycles. The standard InChI is InChI=1S/C63H43B3N4/c1-32-27-34(3)52(35(4)28-32)65-47-23-13-19-42-43-20-14-24-48-60(43)70(59(42)47)62-54(65)44-31-51-55-61(56(44)67-63(62)66(48)53-36(5)29-33(2)30-37(53)6)69-50-26-10-8-16-39(50)41-18-12-22-46(58(41)69)64(55)45-21-11-17-40-38-15-7-9-25-49(38)68(51)57(40)45/h7-31H,1-6H3. The van der Waals surface area contributed by atoms with E-state index in [-0.39, 0.29) is 20.1 Å². The normalized spacial score (nSPS) is 13.8. The monoisotopic (exact) mass is 888 g/mol. The summed E-state index contributed by atoms with van der Waals surface area (Å²) < 4.78 is 7.96. The Balaban J connectivity index is 1.17. The highest BCUT2D eigenvalue weighted by Gasteiger charge is 2.48. The third-order valence-corrected chi connectivity index (χ3v) is 17.5. The molecule has 0 bridgehead atoms. The fraction of sp³-hybridized carbons (Fsp3) is 0.0952. The number of nitrogens with zero attached hydrogens (tertiary/aromatic N) is 4. The summed E-state index contributed by atoms with van der Waals surface area (Å²) in [6, 6.07) is 58.7. The van der Waals surface area contributed by atoms with Crippen LogP contribution in [0, 0.1) is 41.5 Å². The van der Waals surface area contributed by atoms with Crippen LogP contribution >= 0.6 is 0 Å². The van der Waals surface area contributed by atoms with Crippen LogP contribution in [0.2, 0.25) is 0 Å². The highest BCUT2D eigenvalue weighted by atomic mass is 15.1. The second-order valence-electron chi connectivity index (χ2n) is 21.3. The molecule has 0 saturated heterocycles. The van der Waals surface area contributed by atoms with Gasteiger partial charge in [0.1, 0.15) is 0 Å². The van der Waals surface area contributed by atoms with Crippen molar-refractivity contribution in [1.29, 1.82) is 0 Å². The average Bonchev–Trinajstić information content (AvgIpc) is 4.01. The van der Waals surface area contributed by atoms with Crippen LogP contribution in [-0.4, -0.2) is 38.8 Å². The molecule has 4 aliphatic rings. The second-order valence-corrected chi connectivity index (χ2v) is 21.3. The lowest BCUT2D eigenvalue weighted by Gasteiger charge is -2.38. The Hall–Kier alpha value is -8.02. The van der Waals surface area contributed by atoms with Gasteiger partial charge >= 0.3 is 0 Å². The molecule has 0 amide bonds. The van der Waals surface area contributed by atoms with E-state index >= 15 is 0 Å². The van der Waals surface area contributed by atoms with Crippen LogP contribution in [0.5, 0.6) is 0 Å². The summed E-state index contributed by atoms with van der Waals surface area (Å²) in [5.41, 5.74) is 32.5. The third kappa shape index (κ3) is 4.24. The molecular formula is C63H43B3N4. The van der Waals surface area contributed by atoms with Crippen molar-refractivity contribution in [1.82, 2.24) is 18.7 Å². The number of aryl methyl sites for hydroxylation is 6. The first-order valence-corrected chi connectivity index (χ1v) is 25.1. The van der Waals surface area contributed by atoms with Gasteiger partial charge in [0.05, 0.1) is 27.9 Å². The zero-order valence-electron chi connectivity index (χ0n) is 40.0. The molecule has 0 unspecified atom stereocenters. The van der Waals surface area contributed by atoms with Crippen LogP contribution in [-0.2, 0) is 0 Å². The Kier molecular flexibility index (Phi) is 6.82. The Morgan fingerprint density at radius 2 is 0.771 bits per heavy atom. The minimum Gasteiger partial charge on any atom is -0.310 e. The molecule has 0 radical (unpaired) electrons. The number of fused-ring (bicyclic) bond motifs is 14. The molecule has 324 valence electrons. The van der Waals surface area contributed by atoms with Gasteiger partial charge in [0, 0.05) is 71.1 Å². The minimum atomic E-state index is -0.0910. The number of rotatable bonds is 2. The summed E-state index contributed by atoms with van der Waals surface area (Å²) in [5.74, 6) is 0. The molecule has 13 aromatic rings. The fourth-order valence-corrected chi connectivity index (χ4v) is 15.4. The Bertz CT molecular complexity index is 4630. The van der Waals surface area contributed by atoms with Crippen molar-refractivity contribution >= 4 is 146 Å². The molecule has 4 nitrogen and oxygen atoms in total. The molecule has 7 heteroatoms. The van der Waals surface area contributed by atoms with E-state index in [2.05, 4.69) is 207 Å². The lowest BCUT2D eigenvalue weighted by atomic mass is 9.30. The second kappa shape index (κ2) is 12.6. The molecular weight excluding hydrogens is 845 g/mol. The number of hydrogen-bond donors (Lipinski definition) is 0. The molecule has 0 fully saturated rings. The lowest BCUT2D eigenvalue weighted by Crippen LogP contribution is -2.65. The quantitative estimate of drug-likeness (QED) is 0.161. The maximum Gasteiger partial charge on any atom is 0.270 e. The first kappa shape index (κ1) is 37.9. The Morgan fingerprint density at radius 3 is 1.33 bits per heavy atom. The van der Waals surface area contributed by atoms with Gasteiger partial charge in [-0.15, -0.1) is 0 Å². The molecule has 8 heterocycles. The molecule has 0 N–H and O–H groups in total. The zero-order valence-corrected chi connectivity index (χ0v) is 40.0. The summed E-state index contributed by atoms with van der Waals surface area (Å²) >= 11 is 0. The fourth-order valence-electron chi connectivity index (χ4n) is 15.4. The van der Waals surface area contributed by atoms with Gasteiger partial charge < -0.3 is 13.7 Å². The lowest BCUT2D eigenvalue weighted by molar-refractivity contribution is 1.14. The van der Waals surface area contributed by atoms with Gasteiger partial charge in [0.15, 0.2) is 0 Å². The number of aromatic nitrogens is 4. The number of benzene rings is 9. The smallest absolute Gasteiger partial charge is 0.270 e. The zero-order chi connectivity index (χ0) is 46.3. The van der Waals surface area contributed by atoms with Crippen molar-refractivity contribution in [2.45, 2.75) is 41.5 Å². The molecule has 0 saturated carbocycles. The summed E-state index contributed by atoms with van der Waals surface area (Å²) in [6.07, 6.45) is 0. The van der Waals surface area contributed by atoms with Crippen molar-refractivity contribution in [3.8, 4) is 17.1 Å². The average molecular weight is 889 g/mol. The van der Waals surface area contributed by atoms with Crippen molar-refractivity contribution in [2.75, 3.05) is 0 Å². The van der Waals surface area contributed by atoms with Gasteiger partial charge in [-0.3, -0.25) is 4.98 Å². The van der Waals surface area contributed by atoms with Crippen LogP contribution in [0.4, 0.5) is 0 Å². The van der Waals surface area contributed by atoms with E-state index in [4.69, 9.17) is 4.98 Å². The first-order valence-electron chi connectivity index (χ1n) is 25.1. The van der Waals surface area contributed by atoms with E-state index in [1.807, 2.05) is 0 Å². The molecule has 4 aromatic heterocycles. The summed E-state index contributed by atoms with van der Waals surface area (Å²) in [5, 5.41) is 9.03. The van der Waals surface area contributed by atoms with E-state index in [0.717, 1.165) is 11.1 Å². The van der Waals surface area contributed by atoms with Crippen molar-refractivity contribution in [3.63, 3.8) is 0 Å². The Labute approximate surface area is 406 Å². The molecule has 9 aromatic carbocycles. The van der Waals surface area contributed by atoms with Crippen molar-refractivity contribution in [3.05, 3.63) is 185 Å². The summed E-state index contributed by atoms with van der Waals surface area (Å²) in [6.45, 7) is 13.7. The van der Waals surface area contributed by atoms with Gasteiger partial charge in [0.2, 0.25) is 6.71 Å². The van der Waals surface area contributed by atoms with E-state index in [0.29, 0.717) is 0 Å². The largest absolute Gasteiger partial charge is 0.310 e. The maximum atomic E-state index is 6.43. The molecule has 0 spiro atoms. The summed E-state index contributed by atoms with van der Waals surface area (Å²) in [4.78, 5) is 6.43. The molecule has 70 heavy (non-hydrogen) atoms. The van der Waals surface area contributed by atoms with Gasteiger partial charge in [-0.1, -0.05) is 178 Å². The van der Waals surface area contributed by atoms with Gasteiger partial charge in [0.25, 0.3) is 13.4 Å². The SMILES string of the molecule is Cc1cc(C)c(B2c3nc4c5c6c(cc4c4c3-n3c7c2cccc7c2cccc(c23)B4c2c(C)cc(C)cc2C)-n2c3ccccc3c3cccc(c32)B6c2cccc3c4ccccc4n-5c23)c(C)c1. The predicted molar refractivity (Wildman–Crippen MR) is 300 cm³/mol. The van der Waals surface area contributed by atoms with Crippen LogP contribution in [0.3, 0.4) is 0 Å². The molecule has 0 atom stereocenters. The van der Waals surface area contributed by atoms with Crippen LogP contribution < -0.4 is 49.3 Å². The maximum absolute atomic E-state index is 6.43. The first-order chi connectivity index (χ1) is 34.3. The van der Waals surface area contributed by atoms with Crippen LogP contribution in [0.25, 0.3) is 93.4 Å². The highest BCUT2D eigenvalue weighted by Crippen LogP contribution is 2.43. The number of para-hydroxylation sites is 6. The number of hydrogen-bond acceptors (Lipinski definition) is 1. The van der Waals surface area contributed by atoms with Crippen LogP contribution in [0.15, 0.2) is 152 Å². The van der Waals surface area contributed by atoms with E-state index in [9.17, 15) is 0 Å². The van der Waals surface area contributed by atoms with Crippen molar-refractivity contribution < 1.29 is 0 Å². The predicted octanol–water partition coefficient (Wildman–Crippen LogP) is 8.18. The van der Waals surface area contributed by atoms with E-state index in [1.54, 1.807) is 0 Å². The van der Waals surface area contributed by atoms with Crippen molar-refractivity contribution in [2.24, 2.45) is 0 Å². The van der Waals surface area contributed by atoms with Gasteiger partial charge in [-0.25, -0.2) is 0 Å². The summed E-state index contributed by atoms with van der Waals surface area (Å²) in [7, 11) is 0.